The number of hydrogen-bond acceptors (Lipinski definition) is 4. The lowest BCUT2D eigenvalue weighted by molar-refractivity contribution is -0.142. The van der Waals surface area contributed by atoms with Crippen LogP contribution < -0.4 is 16.1 Å². The summed E-state index contributed by atoms with van der Waals surface area (Å²) in [7, 11) is 3.05. The molecule has 0 bridgehead atoms. The minimum Gasteiger partial charge on any atom is -0.481 e. The second kappa shape index (κ2) is 4.91. The van der Waals surface area contributed by atoms with Gasteiger partial charge in [-0.05, 0) is 12.8 Å². The topological polar surface area (TPSA) is 84.5 Å². The molecule has 19 heavy (non-hydrogen) atoms. The minimum atomic E-state index is -0.780. The Morgan fingerprint density at radius 2 is 1.79 bits per heavy atom. The van der Waals surface area contributed by atoms with E-state index in [4.69, 9.17) is 5.11 Å². The van der Waals surface area contributed by atoms with Crippen LogP contribution in [0.15, 0.2) is 15.7 Å². The average molecular weight is 267 g/mol. The van der Waals surface area contributed by atoms with Crippen LogP contribution in [0.3, 0.4) is 0 Å². The zero-order chi connectivity index (χ0) is 14.2. The van der Waals surface area contributed by atoms with Crippen molar-refractivity contribution in [3.8, 4) is 0 Å². The standard InChI is InChI=1S/C12H17N3O4/c1-13-9(7-10(16)14(2)12(13)19)15-5-3-8(4-6-15)11(17)18/h7-8H,3-6H2,1-2H3,(H,17,18). The molecule has 1 aromatic heterocycles. The number of carboxylic acids is 1. The smallest absolute Gasteiger partial charge is 0.332 e. The fraction of sp³-hybridized carbons (Fsp3) is 0.583. The molecule has 0 spiro atoms. The SMILES string of the molecule is Cn1c(N2CCC(C(=O)O)CC2)cc(=O)n(C)c1=O. The first-order valence-electron chi connectivity index (χ1n) is 6.16. The van der Waals surface area contributed by atoms with Crippen molar-refractivity contribution in [1.82, 2.24) is 9.13 Å². The van der Waals surface area contributed by atoms with Crippen molar-refractivity contribution in [1.29, 1.82) is 0 Å². The van der Waals surface area contributed by atoms with Crippen molar-refractivity contribution in [2.75, 3.05) is 18.0 Å². The molecule has 1 saturated heterocycles. The summed E-state index contributed by atoms with van der Waals surface area (Å²) in [6.45, 7) is 1.08. The molecule has 1 aliphatic heterocycles. The van der Waals surface area contributed by atoms with Gasteiger partial charge in [0.25, 0.3) is 5.56 Å². The lowest BCUT2D eigenvalue weighted by Gasteiger charge is -2.32. The molecule has 0 atom stereocenters. The fourth-order valence-electron chi connectivity index (χ4n) is 2.38. The second-order valence-electron chi connectivity index (χ2n) is 4.84. The highest BCUT2D eigenvalue weighted by Crippen LogP contribution is 2.21. The first-order chi connectivity index (χ1) is 8.91. The molecule has 0 aliphatic carbocycles. The van der Waals surface area contributed by atoms with Gasteiger partial charge in [0.1, 0.15) is 5.82 Å². The largest absolute Gasteiger partial charge is 0.481 e. The average Bonchev–Trinajstić information content (AvgIpc) is 2.40. The Bertz CT molecular complexity index is 608. The predicted octanol–water partition coefficient (Wildman–Crippen LogP) is -0.615. The molecular weight excluding hydrogens is 250 g/mol. The molecule has 0 saturated carbocycles. The van der Waals surface area contributed by atoms with E-state index in [9.17, 15) is 14.4 Å². The summed E-state index contributed by atoms with van der Waals surface area (Å²) in [4.78, 5) is 36.3. The molecule has 0 unspecified atom stereocenters. The summed E-state index contributed by atoms with van der Waals surface area (Å²) in [5.74, 6) is -0.561. The third kappa shape index (κ3) is 2.40. The van der Waals surface area contributed by atoms with E-state index in [1.54, 1.807) is 7.05 Å². The summed E-state index contributed by atoms with van der Waals surface area (Å²) in [6.07, 6.45) is 1.05. The first-order valence-corrected chi connectivity index (χ1v) is 6.16. The number of carboxylic acid groups (broad SMARTS) is 1. The second-order valence-corrected chi connectivity index (χ2v) is 4.84. The van der Waals surface area contributed by atoms with Crippen molar-refractivity contribution in [3.05, 3.63) is 26.9 Å². The summed E-state index contributed by atoms with van der Waals surface area (Å²) in [5, 5.41) is 8.95. The number of anilines is 1. The highest BCUT2D eigenvalue weighted by Gasteiger charge is 2.25. The molecule has 1 fully saturated rings. The Morgan fingerprint density at radius 1 is 1.21 bits per heavy atom. The molecule has 104 valence electrons. The quantitative estimate of drug-likeness (QED) is 0.772. The van der Waals surface area contributed by atoms with Gasteiger partial charge in [0.05, 0.1) is 5.92 Å². The van der Waals surface area contributed by atoms with Gasteiger partial charge in [-0.25, -0.2) is 4.79 Å². The maximum atomic E-state index is 11.8. The Morgan fingerprint density at radius 3 is 2.32 bits per heavy atom. The van der Waals surface area contributed by atoms with Crippen LogP contribution in [0.1, 0.15) is 12.8 Å². The van der Waals surface area contributed by atoms with Gasteiger partial charge < -0.3 is 10.0 Å². The Hall–Kier alpha value is -2.05. The maximum absolute atomic E-state index is 11.8. The van der Waals surface area contributed by atoms with Gasteiger partial charge in [0.15, 0.2) is 0 Å². The molecule has 7 heteroatoms. The molecular formula is C12H17N3O4. The molecule has 7 nitrogen and oxygen atoms in total. The number of rotatable bonds is 2. The van der Waals surface area contributed by atoms with E-state index in [0.717, 1.165) is 4.57 Å². The Kier molecular flexibility index (Phi) is 3.46. The Labute approximate surface area is 109 Å². The third-order valence-electron chi connectivity index (χ3n) is 3.67. The number of nitrogens with zero attached hydrogens (tertiary/aromatic N) is 3. The molecule has 2 rings (SSSR count). The van der Waals surface area contributed by atoms with Crippen molar-refractivity contribution < 1.29 is 9.90 Å². The molecule has 0 radical (unpaired) electrons. The fourth-order valence-corrected chi connectivity index (χ4v) is 2.38. The first kappa shape index (κ1) is 13.4. The normalized spacial score (nSPS) is 16.6. The van der Waals surface area contributed by atoms with E-state index in [1.807, 2.05) is 4.90 Å². The van der Waals surface area contributed by atoms with Crippen LogP contribution in [0.5, 0.6) is 0 Å². The van der Waals surface area contributed by atoms with E-state index in [-0.39, 0.29) is 17.2 Å². The Balaban J connectivity index is 2.28. The van der Waals surface area contributed by atoms with Gasteiger partial charge >= 0.3 is 11.7 Å². The molecule has 1 aromatic rings. The number of hydrogen-bond donors (Lipinski definition) is 1. The van der Waals surface area contributed by atoms with Crippen LogP contribution in [0.4, 0.5) is 5.82 Å². The highest BCUT2D eigenvalue weighted by atomic mass is 16.4. The predicted molar refractivity (Wildman–Crippen MR) is 69.5 cm³/mol. The molecule has 0 amide bonds. The zero-order valence-electron chi connectivity index (χ0n) is 11.0. The maximum Gasteiger partial charge on any atom is 0.332 e. The van der Waals surface area contributed by atoms with Crippen molar-refractivity contribution >= 4 is 11.8 Å². The molecule has 1 aliphatic rings. The van der Waals surface area contributed by atoms with Gasteiger partial charge in [-0.15, -0.1) is 0 Å². The van der Waals surface area contributed by atoms with Crippen molar-refractivity contribution in [2.45, 2.75) is 12.8 Å². The van der Waals surface area contributed by atoms with Gasteiger partial charge in [-0.3, -0.25) is 18.7 Å². The van der Waals surface area contributed by atoms with Crippen LogP contribution in [0.2, 0.25) is 0 Å². The van der Waals surface area contributed by atoms with Gasteiger partial charge in [0.2, 0.25) is 0 Å². The number of piperidine rings is 1. The van der Waals surface area contributed by atoms with Gasteiger partial charge in [-0.2, -0.15) is 0 Å². The lowest BCUT2D eigenvalue weighted by Crippen LogP contribution is -2.43. The van der Waals surface area contributed by atoms with Crippen molar-refractivity contribution in [2.24, 2.45) is 20.0 Å². The van der Waals surface area contributed by atoms with Crippen LogP contribution >= 0.6 is 0 Å². The van der Waals surface area contributed by atoms with E-state index in [1.165, 1.54) is 17.7 Å². The van der Waals surface area contributed by atoms with Gasteiger partial charge in [-0.1, -0.05) is 0 Å². The third-order valence-corrected chi connectivity index (χ3v) is 3.67. The van der Waals surface area contributed by atoms with E-state index < -0.39 is 5.97 Å². The van der Waals surface area contributed by atoms with Crippen LogP contribution in [-0.4, -0.2) is 33.3 Å². The summed E-state index contributed by atoms with van der Waals surface area (Å²) in [5.41, 5.74) is -0.721. The summed E-state index contributed by atoms with van der Waals surface area (Å²) >= 11 is 0. The summed E-state index contributed by atoms with van der Waals surface area (Å²) in [6, 6.07) is 1.42. The zero-order valence-corrected chi connectivity index (χ0v) is 11.0. The minimum absolute atomic E-state index is 0.333. The number of aromatic nitrogens is 2. The van der Waals surface area contributed by atoms with E-state index in [0.29, 0.717) is 31.7 Å². The van der Waals surface area contributed by atoms with Gasteiger partial charge in [0, 0.05) is 33.3 Å². The molecule has 1 N–H and O–H groups in total. The van der Waals surface area contributed by atoms with Crippen LogP contribution in [-0.2, 0) is 18.9 Å². The van der Waals surface area contributed by atoms with Crippen LogP contribution in [0.25, 0.3) is 0 Å². The van der Waals surface area contributed by atoms with Crippen LogP contribution in [0, 0.1) is 5.92 Å². The molecule has 0 aromatic carbocycles. The van der Waals surface area contributed by atoms with Crippen molar-refractivity contribution in [3.63, 3.8) is 0 Å². The number of aliphatic carboxylic acids is 1. The van der Waals surface area contributed by atoms with E-state index >= 15 is 0 Å². The number of carbonyl (C=O) groups is 1. The highest BCUT2D eigenvalue weighted by molar-refractivity contribution is 5.70. The lowest BCUT2D eigenvalue weighted by atomic mass is 9.97. The molecule has 2 heterocycles. The summed E-state index contributed by atoms with van der Waals surface area (Å²) < 4.78 is 2.47. The van der Waals surface area contributed by atoms with E-state index in [2.05, 4.69) is 0 Å². The monoisotopic (exact) mass is 267 g/mol.